The van der Waals surface area contributed by atoms with Crippen LogP contribution in [0.1, 0.15) is 12.8 Å². The van der Waals surface area contributed by atoms with E-state index in [1.807, 2.05) is 127 Å². The number of anilines is 6. The lowest BCUT2D eigenvalue weighted by Crippen LogP contribution is -2.23. The molecule has 9 nitrogen and oxygen atoms in total. The predicted octanol–water partition coefficient (Wildman–Crippen LogP) is 7.80. The largest absolute Gasteiger partial charge is 0.439 e. The Morgan fingerprint density at radius 1 is 0.595 bits per heavy atom. The maximum atomic E-state index is 6.13. The molecular weight excluding hydrogens is 526 g/mol. The van der Waals surface area contributed by atoms with Crippen LogP contribution in [-0.4, -0.2) is 40.6 Å². The van der Waals surface area contributed by atoms with Crippen molar-refractivity contribution in [3.8, 4) is 23.3 Å². The predicted molar refractivity (Wildman–Crippen MR) is 166 cm³/mol. The van der Waals surface area contributed by atoms with Crippen molar-refractivity contribution in [3.63, 3.8) is 0 Å². The molecule has 1 aliphatic heterocycles. The Labute approximate surface area is 245 Å². The van der Waals surface area contributed by atoms with Gasteiger partial charge in [-0.2, -0.15) is 9.97 Å². The quantitative estimate of drug-likeness (QED) is 0.162. The maximum Gasteiger partial charge on any atom is 0.221 e. The van der Waals surface area contributed by atoms with Crippen molar-refractivity contribution < 1.29 is 9.47 Å². The molecule has 42 heavy (non-hydrogen) atoms. The van der Waals surface area contributed by atoms with E-state index in [0.717, 1.165) is 36.1 Å². The normalized spacial score (nSPS) is 12.7. The van der Waals surface area contributed by atoms with Crippen LogP contribution < -0.4 is 24.2 Å². The fourth-order valence-corrected chi connectivity index (χ4v) is 4.61. The molecule has 1 aromatic carbocycles. The minimum absolute atomic E-state index is 0.455. The molecule has 0 saturated carbocycles. The van der Waals surface area contributed by atoms with Gasteiger partial charge in [0.2, 0.25) is 11.8 Å². The van der Waals surface area contributed by atoms with Crippen LogP contribution in [0.3, 0.4) is 0 Å². The zero-order valence-corrected chi connectivity index (χ0v) is 23.6. The number of hydrogen-bond acceptors (Lipinski definition) is 9. The van der Waals surface area contributed by atoms with E-state index in [4.69, 9.17) is 29.4 Å². The summed E-state index contributed by atoms with van der Waals surface area (Å²) in [6.07, 6.45) is 3.71. The maximum absolute atomic E-state index is 6.13. The molecule has 0 atom stereocenters. The molecule has 6 rings (SSSR count). The van der Waals surface area contributed by atoms with Crippen LogP contribution in [0.15, 0.2) is 110 Å². The lowest BCUT2D eigenvalue weighted by molar-refractivity contribution is 0.442. The standard InChI is InChI=1S/C33H31N7O2/c1-4-5-6-22-40-30-18-8-14-26(34-30)38(2)28-16-10-20-32(36-28)41-24-12-7-13-25(23-24)42-33-21-11-17-29(37-33)39(3)27-15-9-19-31(40)35-27/h4,7-21,23H,1,5-6,22H2,2-3H3. The van der Waals surface area contributed by atoms with Crippen molar-refractivity contribution in [1.29, 1.82) is 0 Å². The molecular formula is C33H31N7O2. The van der Waals surface area contributed by atoms with Gasteiger partial charge in [0.1, 0.15) is 46.4 Å². The van der Waals surface area contributed by atoms with Crippen molar-refractivity contribution in [2.24, 2.45) is 0 Å². The molecule has 10 bridgehead atoms. The summed E-state index contributed by atoms with van der Waals surface area (Å²) < 4.78 is 12.3. The summed E-state index contributed by atoms with van der Waals surface area (Å²) in [6, 6.07) is 30.6. The Balaban J connectivity index is 1.48. The van der Waals surface area contributed by atoms with Crippen molar-refractivity contribution in [2.75, 3.05) is 35.3 Å². The lowest BCUT2D eigenvalue weighted by atomic mass is 10.2. The fourth-order valence-electron chi connectivity index (χ4n) is 4.61. The topological polar surface area (TPSA) is 79.7 Å². The summed E-state index contributed by atoms with van der Waals surface area (Å²) in [7, 11) is 3.88. The molecule has 0 saturated heterocycles. The zero-order valence-electron chi connectivity index (χ0n) is 23.6. The first-order valence-electron chi connectivity index (χ1n) is 13.8. The number of benzene rings is 1. The van der Waals surface area contributed by atoms with Gasteiger partial charge in [-0.3, -0.25) is 0 Å². The first kappa shape index (κ1) is 26.8. The number of fused-ring (bicyclic) bond motifs is 10. The van der Waals surface area contributed by atoms with Crippen LogP contribution in [-0.2, 0) is 0 Å². The summed E-state index contributed by atoms with van der Waals surface area (Å²) in [5, 5.41) is 0. The van der Waals surface area contributed by atoms with Crippen molar-refractivity contribution >= 4 is 34.9 Å². The molecule has 4 aromatic heterocycles. The van der Waals surface area contributed by atoms with Crippen molar-refractivity contribution in [3.05, 3.63) is 110 Å². The third-order valence-electron chi connectivity index (χ3n) is 6.83. The summed E-state index contributed by atoms with van der Waals surface area (Å²) in [4.78, 5) is 25.6. The molecule has 1 aliphatic rings. The molecule has 0 radical (unpaired) electrons. The van der Waals surface area contributed by atoms with Gasteiger partial charge in [0.05, 0.1) is 0 Å². The Bertz CT molecular complexity index is 1600. The molecule has 5 heterocycles. The van der Waals surface area contributed by atoms with E-state index in [-0.39, 0.29) is 0 Å². The van der Waals surface area contributed by atoms with Gasteiger partial charge in [-0.15, -0.1) is 6.58 Å². The van der Waals surface area contributed by atoms with Gasteiger partial charge in [-0.25, -0.2) is 9.97 Å². The highest BCUT2D eigenvalue weighted by Gasteiger charge is 2.17. The Morgan fingerprint density at radius 2 is 1.02 bits per heavy atom. The van der Waals surface area contributed by atoms with E-state index < -0.39 is 0 Å². The van der Waals surface area contributed by atoms with Gasteiger partial charge >= 0.3 is 0 Å². The third kappa shape index (κ3) is 5.85. The first-order chi connectivity index (χ1) is 20.6. The summed E-state index contributed by atoms with van der Waals surface area (Å²) in [5.41, 5.74) is 0. The van der Waals surface area contributed by atoms with Crippen LogP contribution in [0.2, 0.25) is 0 Å². The second kappa shape index (κ2) is 12.0. The van der Waals surface area contributed by atoms with Crippen LogP contribution in [0, 0.1) is 0 Å². The molecule has 0 amide bonds. The molecule has 210 valence electrons. The Morgan fingerprint density at radius 3 is 1.52 bits per heavy atom. The summed E-state index contributed by atoms with van der Waals surface area (Å²) in [5.74, 6) is 6.53. The highest BCUT2D eigenvalue weighted by atomic mass is 16.5. The zero-order chi connectivity index (χ0) is 28.9. The minimum atomic E-state index is 0.455. The SMILES string of the molecule is C=CCCCN1c2cccc(n2)N(C)c2cccc(n2)Oc2cccc(c2)Oc2cccc(n2)N(C)c2cccc1n2. The van der Waals surface area contributed by atoms with E-state index in [1.54, 1.807) is 0 Å². The summed E-state index contributed by atoms with van der Waals surface area (Å²) in [6.45, 7) is 4.61. The number of aromatic nitrogens is 4. The van der Waals surface area contributed by atoms with E-state index in [1.165, 1.54) is 0 Å². The Hall–Kier alpha value is -5.44. The number of rotatable bonds is 4. The average Bonchev–Trinajstić information content (AvgIpc) is 3.02. The van der Waals surface area contributed by atoms with Crippen LogP contribution in [0.25, 0.3) is 0 Å². The molecule has 0 N–H and O–H groups in total. The van der Waals surface area contributed by atoms with Crippen molar-refractivity contribution in [2.45, 2.75) is 12.8 Å². The average molecular weight is 558 g/mol. The highest BCUT2D eigenvalue weighted by molar-refractivity contribution is 5.65. The van der Waals surface area contributed by atoms with Crippen LogP contribution >= 0.6 is 0 Å². The molecule has 0 spiro atoms. The van der Waals surface area contributed by atoms with Gasteiger partial charge in [0.25, 0.3) is 0 Å². The van der Waals surface area contributed by atoms with Gasteiger partial charge < -0.3 is 24.2 Å². The van der Waals surface area contributed by atoms with Gasteiger partial charge in [0.15, 0.2) is 0 Å². The molecule has 5 aromatic rings. The molecule has 0 unspecified atom stereocenters. The second-order valence-corrected chi connectivity index (χ2v) is 9.76. The number of ether oxygens (including phenoxy) is 2. The van der Waals surface area contributed by atoms with Crippen LogP contribution in [0.4, 0.5) is 34.9 Å². The van der Waals surface area contributed by atoms with Gasteiger partial charge in [-0.1, -0.05) is 36.4 Å². The van der Waals surface area contributed by atoms with Crippen molar-refractivity contribution in [1.82, 2.24) is 19.9 Å². The van der Waals surface area contributed by atoms with E-state index >= 15 is 0 Å². The smallest absolute Gasteiger partial charge is 0.221 e. The number of allylic oxidation sites excluding steroid dienone is 1. The number of pyridine rings is 4. The number of hydrogen-bond donors (Lipinski definition) is 0. The van der Waals surface area contributed by atoms with E-state index in [0.29, 0.717) is 41.4 Å². The molecule has 0 fully saturated rings. The third-order valence-corrected chi connectivity index (χ3v) is 6.83. The highest BCUT2D eigenvalue weighted by Crippen LogP contribution is 2.32. The van der Waals surface area contributed by atoms with E-state index in [2.05, 4.69) is 11.5 Å². The first-order valence-corrected chi connectivity index (χ1v) is 13.8. The fraction of sp³-hybridized carbons (Fsp3) is 0.152. The lowest BCUT2D eigenvalue weighted by Gasteiger charge is -2.26. The monoisotopic (exact) mass is 557 g/mol. The second-order valence-electron chi connectivity index (χ2n) is 9.76. The van der Waals surface area contributed by atoms with Crippen LogP contribution in [0.5, 0.6) is 23.3 Å². The van der Waals surface area contributed by atoms with Gasteiger partial charge in [0, 0.05) is 38.8 Å². The molecule has 9 heteroatoms. The summed E-state index contributed by atoms with van der Waals surface area (Å²) >= 11 is 0. The Kier molecular flexibility index (Phi) is 7.63. The van der Waals surface area contributed by atoms with Gasteiger partial charge in [-0.05, 0) is 61.4 Å². The van der Waals surface area contributed by atoms with E-state index in [9.17, 15) is 0 Å². The minimum Gasteiger partial charge on any atom is -0.439 e. The number of nitrogens with zero attached hydrogens (tertiary/aromatic N) is 7. The molecule has 0 aliphatic carbocycles. The number of unbranched alkanes of at least 4 members (excludes halogenated alkanes) is 1.